The van der Waals surface area contributed by atoms with E-state index >= 15 is 0 Å². The molecule has 1 rings (SSSR count). The number of halogens is 1. The highest BCUT2D eigenvalue weighted by Crippen LogP contribution is 2.16. The first-order valence-corrected chi connectivity index (χ1v) is 6.63. The first-order valence-electron chi connectivity index (χ1n) is 5.83. The van der Waals surface area contributed by atoms with Gasteiger partial charge in [-0.3, -0.25) is 0 Å². The van der Waals surface area contributed by atoms with Crippen LogP contribution in [0.2, 0.25) is 0 Å². The summed E-state index contributed by atoms with van der Waals surface area (Å²) in [5.41, 5.74) is 0.490. The van der Waals surface area contributed by atoms with Crippen molar-refractivity contribution in [2.24, 2.45) is 0 Å². The lowest BCUT2D eigenvalue weighted by Gasteiger charge is -2.16. The van der Waals surface area contributed by atoms with Crippen molar-refractivity contribution < 1.29 is 19.0 Å². The average Bonchev–Trinajstić information content (AvgIpc) is 2.36. The molecular weight excluding hydrogens is 300 g/mol. The Hall–Kier alpha value is -0.910. The van der Waals surface area contributed by atoms with Crippen LogP contribution in [0.5, 0.6) is 0 Å². The maximum absolute atomic E-state index is 11.8. The zero-order valence-corrected chi connectivity index (χ0v) is 12.1. The van der Waals surface area contributed by atoms with Gasteiger partial charge in [0.1, 0.15) is 6.61 Å². The fraction of sp³-hybridized carbons (Fsp3) is 0.462. The van der Waals surface area contributed by atoms with Gasteiger partial charge < -0.3 is 14.2 Å². The van der Waals surface area contributed by atoms with Crippen molar-refractivity contribution in [1.82, 2.24) is 0 Å². The maximum Gasteiger partial charge on any atom is 0.339 e. The van der Waals surface area contributed by atoms with Gasteiger partial charge in [0, 0.05) is 17.7 Å². The van der Waals surface area contributed by atoms with E-state index in [1.165, 1.54) is 0 Å². The molecule has 0 aliphatic carbocycles. The molecule has 0 amide bonds. The third-order valence-corrected chi connectivity index (χ3v) is 2.84. The Morgan fingerprint density at radius 1 is 1.22 bits per heavy atom. The Morgan fingerprint density at radius 2 is 1.83 bits per heavy atom. The Labute approximate surface area is 115 Å². The molecule has 18 heavy (non-hydrogen) atoms. The molecule has 4 nitrogen and oxygen atoms in total. The normalized spacial score (nSPS) is 10.7. The van der Waals surface area contributed by atoms with E-state index in [0.717, 1.165) is 0 Å². The Morgan fingerprint density at radius 3 is 2.39 bits per heavy atom. The molecule has 5 heteroatoms. The van der Waals surface area contributed by atoms with Crippen LogP contribution in [0.1, 0.15) is 24.2 Å². The summed E-state index contributed by atoms with van der Waals surface area (Å²) in [6.07, 6.45) is -0.508. The number of benzene rings is 1. The molecule has 0 spiro atoms. The van der Waals surface area contributed by atoms with Crippen LogP contribution in [0.15, 0.2) is 28.7 Å². The van der Waals surface area contributed by atoms with Crippen LogP contribution in [0.3, 0.4) is 0 Å². The second kappa shape index (κ2) is 8.24. The lowest BCUT2D eigenvalue weighted by molar-refractivity contribution is -0.158. The standard InChI is InChI=1S/C13H17BrO4/c1-3-16-12(17-4-2)9-18-13(15)10-7-5-6-8-11(10)14/h5-8,12H,3-4,9H2,1-2H3. The molecule has 0 bridgehead atoms. The summed E-state index contributed by atoms with van der Waals surface area (Å²) in [6.45, 7) is 4.83. The van der Waals surface area contributed by atoms with Crippen LogP contribution < -0.4 is 0 Å². The summed E-state index contributed by atoms with van der Waals surface area (Å²) in [5, 5.41) is 0. The third kappa shape index (κ3) is 4.76. The molecule has 0 aliphatic rings. The van der Waals surface area contributed by atoms with Gasteiger partial charge >= 0.3 is 5.97 Å². The fourth-order valence-electron chi connectivity index (χ4n) is 1.36. The Kier molecular flexibility index (Phi) is 6.93. The van der Waals surface area contributed by atoms with Gasteiger partial charge in [0.2, 0.25) is 0 Å². The summed E-state index contributed by atoms with van der Waals surface area (Å²) in [6, 6.07) is 7.11. The van der Waals surface area contributed by atoms with Gasteiger partial charge in [0.25, 0.3) is 0 Å². The van der Waals surface area contributed by atoms with E-state index in [2.05, 4.69) is 15.9 Å². The monoisotopic (exact) mass is 316 g/mol. The van der Waals surface area contributed by atoms with Gasteiger partial charge in [-0.25, -0.2) is 4.79 Å². The molecule has 0 aliphatic heterocycles. The smallest absolute Gasteiger partial charge is 0.339 e. The van der Waals surface area contributed by atoms with Gasteiger partial charge in [0.05, 0.1) is 5.56 Å². The van der Waals surface area contributed by atoms with Crippen molar-refractivity contribution in [2.45, 2.75) is 20.1 Å². The Bertz CT molecular complexity index is 375. The quantitative estimate of drug-likeness (QED) is 0.573. The van der Waals surface area contributed by atoms with Crippen LogP contribution in [0.25, 0.3) is 0 Å². The van der Waals surface area contributed by atoms with Gasteiger partial charge in [0.15, 0.2) is 6.29 Å². The van der Waals surface area contributed by atoms with E-state index in [9.17, 15) is 4.79 Å². The predicted molar refractivity (Wildman–Crippen MR) is 71.5 cm³/mol. The van der Waals surface area contributed by atoms with Gasteiger partial charge in [-0.1, -0.05) is 12.1 Å². The minimum absolute atomic E-state index is 0.0852. The number of rotatable bonds is 7. The van der Waals surface area contributed by atoms with Crippen LogP contribution >= 0.6 is 15.9 Å². The highest BCUT2D eigenvalue weighted by atomic mass is 79.9. The van der Waals surface area contributed by atoms with E-state index in [1.54, 1.807) is 18.2 Å². The van der Waals surface area contributed by atoms with Crippen molar-refractivity contribution in [2.75, 3.05) is 19.8 Å². The second-order valence-electron chi connectivity index (χ2n) is 3.42. The van der Waals surface area contributed by atoms with E-state index < -0.39 is 12.3 Å². The summed E-state index contributed by atoms with van der Waals surface area (Å²) < 4.78 is 16.4. The highest BCUT2D eigenvalue weighted by molar-refractivity contribution is 9.10. The van der Waals surface area contributed by atoms with Crippen molar-refractivity contribution in [3.05, 3.63) is 34.3 Å². The molecule has 0 saturated heterocycles. The molecule has 0 fully saturated rings. The lowest BCUT2D eigenvalue weighted by Crippen LogP contribution is -2.25. The average molecular weight is 317 g/mol. The molecule has 0 aromatic heterocycles. The van der Waals surface area contributed by atoms with Crippen molar-refractivity contribution in [1.29, 1.82) is 0 Å². The molecule has 0 atom stereocenters. The van der Waals surface area contributed by atoms with E-state index in [4.69, 9.17) is 14.2 Å². The fourth-order valence-corrected chi connectivity index (χ4v) is 1.81. The maximum atomic E-state index is 11.8. The molecule has 1 aromatic rings. The van der Waals surface area contributed by atoms with Crippen LogP contribution in [-0.2, 0) is 14.2 Å². The van der Waals surface area contributed by atoms with Gasteiger partial charge in [-0.05, 0) is 41.9 Å². The molecule has 0 radical (unpaired) electrons. The van der Waals surface area contributed by atoms with E-state index in [-0.39, 0.29) is 6.61 Å². The zero-order chi connectivity index (χ0) is 13.4. The van der Waals surface area contributed by atoms with Crippen LogP contribution in [0.4, 0.5) is 0 Å². The van der Waals surface area contributed by atoms with Gasteiger partial charge in [-0.15, -0.1) is 0 Å². The minimum Gasteiger partial charge on any atom is -0.457 e. The Balaban J connectivity index is 2.52. The SMILES string of the molecule is CCOC(COC(=O)c1ccccc1Br)OCC. The summed E-state index contributed by atoms with van der Waals surface area (Å²) >= 11 is 3.30. The number of esters is 1. The van der Waals surface area contributed by atoms with Gasteiger partial charge in [-0.2, -0.15) is 0 Å². The summed E-state index contributed by atoms with van der Waals surface area (Å²) in [5.74, 6) is -0.396. The van der Waals surface area contributed by atoms with E-state index in [1.807, 2.05) is 19.9 Å². The number of carbonyl (C=O) groups excluding carboxylic acids is 1. The minimum atomic E-state index is -0.508. The van der Waals surface area contributed by atoms with Crippen molar-refractivity contribution >= 4 is 21.9 Å². The molecular formula is C13H17BrO4. The van der Waals surface area contributed by atoms with Crippen LogP contribution in [-0.4, -0.2) is 32.1 Å². The number of hydrogen-bond acceptors (Lipinski definition) is 4. The first kappa shape index (κ1) is 15.1. The number of carbonyl (C=O) groups is 1. The zero-order valence-electron chi connectivity index (χ0n) is 10.5. The molecule has 0 N–H and O–H groups in total. The molecule has 0 heterocycles. The summed E-state index contributed by atoms with van der Waals surface area (Å²) in [7, 11) is 0. The molecule has 0 saturated carbocycles. The predicted octanol–water partition coefficient (Wildman–Crippen LogP) is 3.01. The van der Waals surface area contributed by atoms with E-state index in [0.29, 0.717) is 23.2 Å². The second-order valence-corrected chi connectivity index (χ2v) is 4.27. The largest absolute Gasteiger partial charge is 0.457 e. The topological polar surface area (TPSA) is 44.8 Å². The third-order valence-electron chi connectivity index (χ3n) is 2.15. The summed E-state index contributed by atoms with van der Waals surface area (Å²) in [4.78, 5) is 11.8. The van der Waals surface area contributed by atoms with Crippen molar-refractivity contribution in [3.8, 4) is 0 Å². The molecule has 100 valence electrons. The van der Waals surface area contributed by atoms with Crippen molar-refractivity contribution in [3.63, 3.8) is 0 Å². The molecule has 1 aromatic carbocycles. The highest BCUT2D eigenvalue weighted by Gasteiger charge is 2.15. The van der Waals surface area contributed by atoms with Crippen LogP contribution in [0, 0.1) is 0 Å². The number of hydrogen-bond donors (Lipinski definition) is 0. The first-order chi connectivity index (χ1) is 8.69. The molecule has 0 unspecified atom stereocenters. The lowest BCUT2D eigenvalue weighted by atomic mass is 10.2. The number of ether oxygens (including phenoxy) is 3.